The molecule has 0 aromatic heterocycles. The van der Waals surface area contributed by atoms with Gasteiger partial charge in [0.1, 0.15) is 25.4 Å². The Balaban J connectivity index is 1.20. The maximum absolute atomic E-state index is 13.2. The van der Waals surface area contributed by atoms with E-state index in [9.17, 15) is 9.59 Å². The Labute approximate surface area is 262 Å². The number of methoxy groups -OCH3 is 1. The molecule has 0 spiro atoms. The Bertz CT molecular complexity index is 1430. The van der Waals surface area contributed by atoms with Gasteiger partial charge in [0.15, 0.2) is 23.0 Å². The van der Waals surface area contributed by atoms with Crippen LogP contribution < -0.4 is 18.4 Å². The molecule has 2 atom stereocenters. The van der Waals surface area contributed by atoms with Gasteiger partial charge in [0, 0.05) is 19.0 Å². The molecule has 0 radical (unpaired) electrons. The first kappa shape index (κ1) is 30.8. The molecule has 1 aliphatic rings. The summed E-state index contributed by atoms with van der Waals surface area (Å²) in [5.41, 5.74) is 2.58. The van der Waals surface area contributed by atoms with Crippen molar-refractivity contribution in [2.75, 3.05) is 7.11 Å². The monoisotopic (exact) mass is 614 g/mol. The number of esters is 2. The molecule has 228 valence electrons. The van der Waals surface area contributed by atoms with Crippen LogP contribution in [-0.4, -0.2) is 31.3 Å². The van der Waals surface area contributed by atoms with Crippen LogP contribution in [0.1, 0.15) is 57.5 Å². The SMILES string of the molecule is COc1cc(C(=O)O[C@@H]2CCCC[C@H]2OC(=O)c2ccc(OCc3ccccc3)c(OS)c2)ccc1OCc1ccccc1. The van der Waals surface area contributed by atoms with Gasteiger partial charge in [-0.1, -0.05) is 60.7 Å². The van der Waals surface area contributed by atoms with Gasteiger partial charge in [0.25, 0.3) is 0 Å². The van der Waals surface area contributed by atoms with Gasteiger partial charge in [-0.3, -0.25) is 0 Å². The van der Waals surface area contributed by atoms with Crippen LogP contribution in [-0.2, 0) is 22.7 Å². The quantitative estimate of drug-likeness (QED) is 0.100. The van der Waals surface area contributed by atoms with Gasteiger partial charge in [-0.2, -0.15) is 0 Å². The molecule has 0 amide bonds. The zero-order valence-corrected chi connectivity index (χ0v) is 25.2. The standard InChI is InChI=1S/C35H34O8S/c1-38-32-20-26(16-18-28(32)39-22-24-10-4-2-5-11-24)34(36)41-30-14-8-9-15-31(30)42-35(37)27-17-19-29(33(21-27)43-44)40-23-25-12-6-3-7-13-25/h2-7,10-13,16-21,30-31,44H,8-9,14-15,22-23H2,1H3/t30-,31-/m1/s1. The third-order valence-electron chi connectivity index (χ3n) is 7.31. The lowest BCUT2D eigenvalue weighted by Crippen LogP contribution is -2.37. The van der Waals surface area contributed by atoms with Gasteiger partial charge in [-0.05, 0) is 67.1 Å². The average Bonchev–Trinajstić information content (AvgIpc) is 3.08. The second kappa shape index (κ2) is 15.2. The zero-order valence-electron chi connectivity index (χ0n) is 24.3. The van der Waals surface area contributed by atoms with Crippen LogP contribution in [0.5, 0.6) is 23.0 Å². The summed E-state index contributed by atoms with van der Waals surface area (Å²) >= 11 is 3.94. The summed E-state index contributed by atoms with van der Waals surface area (Å²) in [5, 5.41) is 0. The molecular formula is C35H34O8S. The number of benzene rings is 4. The van der Waals surface area contributed by atoms with Crippen LogP contribution in [0.15, 0.2) is 97.1 Å². The second-order valence-corrected chi connectivity index (χ2v) is 10.5. The molecule has 0 N–H and O–H groups in total. The van der Waals surface area contributed by atoms with Gasteiger partial charge in [-0.15, -0.1) is 0 Å². The van der Waals surface area contributed by atoms with Crippen LogP contribution >= 0.6 is 12.9 Å². The number of hydrogen-bond acceptors (Lipinski definition) is 9. The third kappa shape index (κ3) is 8.05. The van der Waals surface area contributed by atoms with Crippen LogP contribution in [0.2, 0.25) is 0 Å². The summed E-state index contributed by atoms with van der Waals surface area (Å²) in [4.78, 5) is 26.3. The van der Waals surface area contributed by atoms with Crippen molar-refractivity contribution in [3.63, 3.8) is 0 Å². The molecule has 9 heteroatoms. The van der Waals surface area contributed by atoms with Gasteiger partial charge >= 0.3 is 11.9 Å². The molecule has 0 bridgehead atoms. The number of hydrogen-bond donors (Lipinski definition) is 1. The van der Waals surface area contributed by atoms with Crippen molar-refractivity contribution in [3.05, 3.63) is 119 Å². The molecule has 1 fully saturated rings. The lowest BCUT2D eigenvalue weighted by molar-refractivity contribution is -0.0514. The maximum atomic E-state index is 13.2. The topological polar surface area (TPSA) is 89.5 Å². The fourth-order valence-electron chi connectivity index (χ4n) is 4.95. The molecule has 0 heterocycles. The van der Waals surface area contributed by atoms with E-state index in [-0.39, 0.29) is 11.3 Å². The Morgan fingerprint density at radius 1 is 0.636 bits per heavy atom. The van der Waals surface area contributed by atoms with Crippen LogP contribution in [0.3, 0.4) is 0 Å². The van der Waals surface area contributed by atoms with Gasteiger partial charge in [0.05, 0.1) is 18.2 Å². The Hall–Kier alpha value is -4.63. The Kier molecular flexibility index (Phi) is 10.6. The summed E-state index contributed by atoms with van der Waals surface area (Å²) in [6.07, 6.45) is 1.68. The predicted molar refractivity (Wildman–Crippen MR) is 167 cm³/mol. The fraction of sp³-hybridized carbons (Fsp3) is 0.257. The van der Waals surface area contributed by atoms with Gasteiger partial charge in [-0.25, -0.2) is 9.59 Å². The van der Waals surface area contributed by atoms with Crippen LogP contribution in [0.25, 0.3) is 0 Å². The highest BCUT2D eigenvalue weighted by molar-refractivity contribution is 7.75. The van der Waals surface area contributed by atoms with E-state index in [1.165, 1.54) is 13.2 Å². The molecular weight excluding hydrogens is 580 g/mol. The number of thiol groups is 1. The zero-order chi connectivity index (χ0) is 30.7. The van der Waals surface area contributed by atoms with Crippen molar-refractivity contribution in [3.8, 4) is 23.0 Å². The van der Waals surface area contributed by atoms with E-state index in [4.69, 9.17) is 27.9 Å². The minimum atomic E-state index is -0.593. The molecule has 0 aliphatic heterocycles. The first-order chi connectivity index (χ1) is 21.5. The molecule has 0 saturated heterocycles. The highest BCUT2D eigenvalue weighted by Gasteiger charge is 2.32. The van der Waals surface area contributed by atoms with Crippen molar-refractivity contribution in [2.24, 2.45) is 0 Å². The fourth-order valence-corrected chi connectivity index (χ4v) is 5.10. The van der Waals surface area contributed by atoms with Crippen LogP contribution in [0.4, 0.5) is 0 Å². The molecule has 1 aliphatic carbocycles. The molecule has 1 saturated carbocycles. The van der Waals surface area contributed by atoms with Gasteiger partial charge < -0.3 is 27.9 Å². The molecule has 44 heavy (non-hydrogen) atoms. The molecule has 4 aromatic carbocycles. The Morgan fingerprint density at radius 3 is 1.55 bits per heavy atom. The van der Waals surface area contributed by atoms with E-state index in [1.807, 2.05) is 60.7 Å². The van der Waals surface area contributed by atoms with E-state index in [2.05, 4.69) is 12.9 Å². The van der Waals surface area contributed by atoms with Crippen molar-refractivity contribution >= 4 is 24.8 Å². The van der Waals surface area contributed by atoms with Crippen LogP contribution in [0, 0.1) is 0 Å². The van der Waals surface area contributed by atoms with Crippen molar-refractivity contribution in [1.29, 1.82) is 0 Å². The third-order valence-corrected chi connectivity index (χ3v) is 7.51. The van der Waals surface area contributed by atoms with Crippen molar-refractivity contribution < 1.29 is 37.5 Å². The average molecular weight is 615 g/mol. The Morgan fingerprint density at radius 2 is 1.09 bits per heavy atom. The summed E-state index contributed by atoms with van der Waals surface area (Å²) < 4.78 is 34.1. The summed E-state index contributed by atoms with van der Waals surface area (Å²) in [7, 11) is 1.52. The first-order valence-electron chi connectivity index (χ1n) is 14.4. The van der Waals surface area contributed by atoms with E-state index in [0.29, 0.717) is 48.9 Å². The molecule has 8 nitrogen and oxygen atoms in total. The summed E-state index contributed by atoms with van der Waals surface area (Å²) in [5.74, 6) is 0.573. The minimum absolute atomic E-state index is 0.271. The smallest absolute Gasteiger partial charge is 0.338 e. The van der Waals surface area contributed by atoms with E-state index in [1.54, 1.807) is 30.3 Å². The number of rotatable bonds is 12. The molecule has 5 rings (SSSR count). The normalized spacial score (nSPS) is 16.0. The van der Waals surface area contributed by atoms with Crippen molar-refractivity contribution in [2.45, 2.75) is 51.1 Å². The summed E-state index contributed by atoms with van der Waals surface area (Å²) in [6, 6.07) is 29.1. The van der Waals surface area contributed by atoms with E-state index < -0.39 is 24.1 Å². The molecule has 0 unspecified atom stereocenters. The van der Waals surface area contributed by atoms with Gasteiger partial charge in [0.2, 0.25) is 0 Å². The lowest BCUT2D eigenvalue weighted by atomic mass is 9.94. The first-order valence-corrected chi connectivity index (χ1v) is 14.8. The number of ether oxygens (including phenoxy) is 5. The summed E-state index contributed by atoms with van der Waals surface area (Å²) in [6.45, 7) is 0.695. The minimum Gasteiger partial charge on any atom is -0.493 e. The van der Waals surface area contributed by atoms with E-state index >= 15 is 0 Å². The molecule has 4 aromatic rings. The second-order valence-electron chi connectivity index (χ2n) is 10.3. The predicted octanol–water partition coefficient (Wildman–Crippen LogP) is 7.40. The highest BCUT2D eigenvalue weighted by Crippen LogP contribution is 2.33. The van der Waals surface area contributed by atoms with Crippen molar-refractivity contribution in [1.82, 2.24) is 0 Å². The highest BCUT2D eigenvalue weighted by atomic mass is 32.1. The van der Waals surface area contributed by atoms with E-state index in [0.717, 1.165) is 24.0 Å². The number of carbonyl (C=O) groups excluding carboxylic acids is 2. The maximum Gasteiger partial charge on any atom is 0.338 e. The lowest BCUT2D eigenvalue weighted by Gasteiger charge is -2.30. The largest absolute Gasteiger partial charge is 0.493 e. The number of carbonyl (C=O) groups is 2.